The summed E-state index contributed by atoms with van der Waals surface area (Å²) in [7, 11) is 0. The van der Waals surface area contributed by atoms with Crippen molar-refractivity contribution < 1.29 is 43.2 Å². The summed E-state index contributed by atoms with van der Waals surface area (Å²) < 4.78 is 22.8. The molecule has 2 aromatic rings. The number of carboxylic acids is 1. The summed E-state index contributed by atoms with van der Waals surface area (Å²) in [4.78, 5) is 53.8. The summed E-state index contributed by atoms with van der Waals surface area (Å²) >= 11 is 0. The van der Waals surface area contributed by atoms with Crippen LogP contribution < -0.4 is 45.7 Å². The summed E-state index contributed by atoms with van der Waals surface area (Å²) in [5.41, 5.74) is 10.4. The molecule has 19 heteroatoms. The number of hydrazone groups is 2. The predicted molar refractivity (Wildman–Crippen MR) is 235 cm³/mol. The largest absolute Gasteiger partial charge is 0.501 e. The van der Waals surface area contributed by atoms with E-state index in [-0.39, 0.29) is 41.6 Å². The van der Waals surface area contributed by atoms with Crippen molar-refractivity contribution in [2.45, 2.75) is 97.5 Å². The van der Waals surface area contributed by atoms with Gasteiger partial charge in [-0.15, -0.1) is 0 Å². The second-order valence-electron chi connectivity index (χ2n) is 17.8. The van der Waals surface area contributed by atoms with Gasteiger partial charge in [0, 0.05) is 56.6 Å². The van der Waals surface area contributed by atoms with Gasteiger partial charge in [-0.25, -0.2) is 15.6 Å². The molecule has 2 saturated heterocycles. The number of amides is 3. The summed E-state index contributed by atoms with van der Waals surface area (Å²) in [6.07, 6.45) is 4.24. The van der Waals surface area contributed by atoms with Gasteiger partial charge in [-0.1, -0.05) is 0 Å². The zero-order valence-electron chi connectivity index (χ0n) is 36.9. The number of hydrogen-bond acceptors (Lipinski definition) is 15. The third-order valence-electron chi connectivity index (χ3n) is 11.4. The third kappa shape index (κ3) is 8.89. The fraction of sp³-hybridized carbons (Fsp3) is 0.535. The maximum absolute atomic E-state index is 12.4. The van der Waals surface area contributed by atoms with Gasteiger partial charge >= 0.3 is 6.09 Å². The highest BCUT2D eigenvalue weighted by atomic mass is 16.6. The number of anilines is 4. The van der Waals surface area contributed by atoms with Crippen molar-refractivity contribution in [1.82, 2.24) is 21.1 Å². The first kappa shape index (κ1) is 43.8. The van der Waals surface area contributed by atoms with Gasteiger partial charge in [-0.2, -0.15) is 10.2 Å². The Labute approximate surface area is 361 Å². The van der Waals surface area contributed by atoms with Crippen molar-refractivity contribution in [2.75, 3.05) is 72.6 Å². The highest BCUT2D eigenvalue weighted by molar-refractivity contribution is 6.10. The molecule has 0 saturated carbocycles. The second-order valence-corrected chi connectivity index (χ2v) is 17.8. The van der Waals surface area contributed by atoms with E-state index in [2.05, 4.69) is 62.6 Å². The number of nitrogens with zero attached hydrogens (tertiary/aromatic N) is 6. The van der Waals surface area contributed by atoms with E-state index in [1.165, 1.54) is 11.3 Å². The van der Waals surface area contributed by atoms with Crippen LogP contribution in [0, 0.1) is 0 Å². The van der Waals surface area contributed by atoms with E-state index in [4.69, 9.17) is 28.8 Å². The Bertz CT molecular complexity index is 2200. The molecule has 19 nitrogen and oxygen atoms in total. The molecule has 2 fully saturated rings. The molecule has 0 bridgehead atoms. The molecule has 2 unspecified atom stereocenters. The Kier molecular flexibility index (Phi) is 12.0. The fourth-order valence-electron chi connectivity index (χ4n) is 8.35. The first-order valence-corrected chi connectivity index (χ1v) is 20.9. The molecule has 7 aliphatic rings. The number of carbonyl (C=O) groups is 4. The van der Waals surface area contributed by atoms with E-state index < -0.39 is 17.6 Å². The van der Waals surface area contributed by atoms with Crippen molar-refractivity contribution >= 4 is 64.4 Å². The molecule has 2 atom stereocenters. The molecular weight excluding hydrogens is 801 g/mol. The van der Waals surface area contributed by atoms with Crippen LogP contribution >= 0.6 is 0 Å². The van der Waals surface area contributed by atoms with Crippen LogP contribution in [-0.2, 0) is 30.3 Å². The number of likely N-dealkylation sites (tertiary alicyclic amines) is 1. The minimum Gasteiger partial charge on any atom is -0.501 e. The zero-order valence-corrected chi connectivity index (χ0v) is 36.9. The monoisotopic (exact) mass is 858 g/mol. The van der Waals surface area contributed by atoms with Crippen LogP contribution in [0.2, 0.25) is 0 Å². The Hall–Kier alpha value is -6.24. The minimum atomic E-state index is -0.833. The number of aliphatic carboxylic acids is 1. The number of amidine groups is 2. The van der Waals surface area contributed by atoms with Crippen LogP contribution in [-0.4, -0.2) is 127 Å². The van der Waals surface area contributed by atoms with Crippen LogP contribution in [0.5, 0.6) is 11.5 Å². The van der Waals surface area contributed by atoms with E-state index in [1.807, 2.05) is 69.6 Å². The molecule has 2 aromatic carbocycles. The number of fused-ring (bicyclic) bond motifs is 7. The van der Waals surface area contributed by atoms with Gasteiger partial charge in [0.1, 0.15) is 42.4 Å². The molecule has 0 aliphatic carbocycles. The average Bonchev–Trinajstić information content (AvgIpc) is 3.60. The van der Waals surface area contributed by atoms with Crippen molar-refractivity contribution in [3.63, 3.8) is 0 Å². The molecule has 3 amide bonds. The average molecular weight is 859 g/mol. The van der Waals surface area contributed by atoms with E-state index in [1.54, 1.807) is 11.2 Å². The molecule has 9 rings (SSSR count). The lowest BCUT2D eigenvalue weighted by molar-refractivity contribution is -0.134. The summed E-state index contributed by atoms with van der Waals surface area (Å²) in [5, 5.41) is 22.7. The number of carboxylic acid groups (broad SMARTS) is 1. The normalized spacial score (nSPS) is 22.1. The van der Waals surface area contributed by atoms with Crippen molar-refractivity contribution in [3.8, 4) is 11.5 Å². The predicted octanol–water partition coefficient (Wildman–Crippen LogP) is 3.68. The van der Waals surface area contributed by atoms with Gasteiger partial charge in [-0.3, -0.25) is 14.4 Å². The molecular formula is C43H58N10O9. The van der Waals surface area contributed by atoms with Crippen LogP contribution in [0.1, 0.15) is 73.4 Å². The van der Waals surface area contributed by atoms with E-state index in [0.29, 0.717) is 37.9 Å². The second kappa shape index (κ2) is 16.9. The number of ether oxygens (including phenoxy) is 4. The lowest BCUT2D eigenvalue weighted by Crippen LogP contribution is -2.67. The zero-order chi connectivity index (χ0) is 44.7. The van der Waals surface area contributed by atoms with Crippen LogP contribution in [0.15, 0.2) is 40.7 Å². The summed E-state index contributed by atoms with van der Waals surface area (Å²) in [6.45, 7) is 21.9. The summed E-state index contributed by atoms with van der Waals surface area (Å²) in [6, 6.07) is 7.52. The molecule has 7 aliphatic heterocycles. The standard InChI is InChI=1S/C24H33N5O5.C17H21N5O2.C2H4O2/c1-7-32-9-8-16-10-19-18(29-15(2)21(30)27-26-20(29)12-33-19)11-17(16)25-24(6)13-28(14-24)22(31)34-23(3,4)5;1-10-16(23)20-19-15-7-24-14-5-11-3-4-21(17(2)8-18-9-17)12(11)6-13(14)22(10)15;1-2(3)4/h8-11,15,25H,7,12-14H2,1-6H3,(H,27,30);5-6,10,18H,3-4,7-9H2,1-2H3,(H,20,23);1H3,(H,3,4)/b9-8+;;. The highest BCUT2D eigenvalue weighted by Gasteiger charge is 2.45. The van der Waals surface area contributed by atoms with Crippen LogP contribution in [0.3, 0.4) is 0 Å². The molecule has 334 valence electrons. The van der Waals surface area contributed by atoms with E-state index in [0.717, 1.165) is 67.2 Å². The smallest absolute Gasteiger partial charge is 0.410 e. The quantitative estimate of drug-likeness (QED) is 0.263. The van der Waals surface area contributed by atoms with Crippen LogP contribution in [0.4, 0.5) is 27.5 Å². The minimum absolute atomic E-state index is 0.0842. The third-order valence-corrected chi connectivity index (χ3v) is 11.4. The van der Waals surface area contributed by atoms with Crippen molar-refractivity contribution in [3.05, 3.63) is 41.7 Å². The topological polar surface area (TPSA) is 211 Å². The summed E-state index contributed by atoms with van der Waals surface area (Å²) in [5.74, 6) is 1.83. The molecule has 7 heterocycles. The van der Waals surface area contributed by atoms with E-state index >= 15 is 0 Å². The lowest BCUT2D eigenvalue weighted by Gasteiger charge is -2.49. The number of carbonyl (C=O) groups excluding carboxylic acids is 3. The van der Waals surface area contributed by atoms with Crippen molar-refractivity contribution in [2.24, 2.45) is 10.2 Å². The first-order chi connectivity index (χ1) is 29.3. The lowest BCUT2D eigenvalue weighted by atomic mass is 9.91. The molecule has 5 N–H and O–H groups in total. The van der Waals surface area contributed by atoms with Gasteiger partial charge in [0.2, 0.25) is 0 Å². The SMILES string of the molecule is CC(=O)O.CC1C(=O)NN=C2COc3cc4c(cc3N21)N(C1(C)CNC1)CC4.CCO/C=C/c1cc2c(cc1NC1(C)CN(C(=O)OC(C)(C)C)C1)N1C(=NNC(=O)C1C)CO2. The Morgan fingerprint density at radius 1 is 0.935 bits per heavy atom. The molecule has 0 aromatic heterocycles. The van der Waals surface area contributed by atoms with Crippen LogP contribution in [0.25, 0.3) is 6.08 Å². The Balaban J connectivity index is 0.000000179. The van der Waals surface area contributed by atoms with Gasteiger partial charge < -0.3 is 54.3 Å². The number of benzene rings is 2. The Morgan fingerprint density at radius 3 is 2.03 bits per heavy atom. The number of nitrogens with one attached hydrogen (secondary N) is 4. The van der Waals surface area contributed by atoms with Gasteiger partial charge in [0.25, 0.3) is 17.8 Å². The van der Waals surface area contributed by atoms with Gasteiger partial charge in [0.05, 0.1) is 35.3 Å². The van der Waals surface area contributed by atoms with Crippen molar-refractivity contribution in [1.29, 1.82) is 0 Å². The number of rotatable bonds is 6. The molecule has 0 radical (unpaired) electrons. The van der Waals surface area contributed by atoms with E-state index in [9.17, 15) is 14.4 Å². The fourth-order valence-corrected chi connectivity index (χ4v) is 8.35. The number of hydrogen-bond donors (Lipinski definition) is 5. The highest BCUT2D eigenvalue weighted by Crippen LogP contribution is 2.45. The Morgan fingerprint density at radius 2 is 1.50 bits per heavy atom. The first-order valence-electron chi connectivity index (χ1n) is 20.9. The maximum Gasteiger partial charge on any atom is 0.410 e. The molecule has 62 heavy (non-hydrogen) atoms. The molecule has 0 spiro atoms. The maximum atomic E-state index is 12.4. The van der Waals surface area contributed by atoms with Gasteiger partial charge in [-0.05, 0) is 97.7 Å². The van der Waals surface area contributed by atoms with Gasteiger partial charge in [0.15, 0.2) is 11.7 Å².